The van der Waals surface area contributed by atoms with Crippen molar-refractivity contribution in [3.05, 3.63) is 93.5 Å². The number of nitrogens with one attached hydrogen (secondary N) is 1. The Morgan fingerprint density at radius 3 is 2.42 bits per heavy atom. The van der Waals surface area contributed by atoms with Crippen LogP contribution >= 0.6 is 23.2 Å². The third-order valence-corrected chi connectivity index (χ3v) is 7.12. The Morgan fingerprint density at radius 1 is 1.03 bits per heavy atom. The molecule has 5 nitrogen and oxygen atoms in total. The van der Waals surface area contributed by atoms with Gasteiger partial charge in [0.05, 0.1) is 11.4 Å². The molecule has 0 spiro atoms. The highest BCUT2D eigenvalue weighted by molar-refractivity contribution is 6.37. The number of fused-ring (bicyclic) bond motifs is 1. The fraction of sp³-hybridized carbons (Fsp3) is 0.276. The van der Waals surface area contributed by atoms with Gasteiger partial charge < -0.3 is 10.2 Å². The Labute approximate surface area is 222 Å². The molecule has 0 radical (unpaired) electrons. The molecule has 7 heteroatoms. The summed E-state index contributed by atoms with van der Waals surface area (Å²) >= 11 is 13.0. The second-order valence-corrected chi connectivity index (χ2v) is 9.82. The maximum atomic E-state index is 13.9. The summed E-state index contributed by atoms with van der Waals surface area (Å²) in [5.41, 5.74) is 4.41. The summed E-state index contributed by atoms with van der Waals surface area (Å²) in [6.45, 7) is 5.94. The Bertz CT molecular complexity index is 1300. The van der Waals surface area contributed by atoms with Gasteiger partial charge in [-0.1, -0.05) is 80.7 Å². The molecule has 1 aliphatic rings. The minimum Gasteiger partial charge on any atom is -0.325 e. The summed E-state index contributed by atoms with van der Waals surface area (Å²) < 4.78 is 0. The Hall–Kier alpha value is -3.15. The SMILES string of the molecule is CCc1ccc(NC(=O)CN2C(=O)[C@@H]([C@H](C)CC)N=C(c3ccccc3Cl)c3cc(Cl)ccc32)cc1. The Morgan fingerprint density at radius 2 is 1.75 bits per heavy atom. The number of rotatable bonds is 7. The number of hydrogen-bond acceptors (Lipinski definition) is 3. The third kappa shape index (κ3) is 5.48. The first-order valence-electron chi connectivity index (χ1n) is 12.1. The monoisotopic (exact) mass is 521 g/mol. The van der Waals surface area contributed by atoms with Crippen LogP contribution < -0.4 is 10.2 Å². The van der Waals surface area contributed by atoms with Crippen LogP contribution in [0.1, 0.15) is 43.9 Å². The molecule has 36 heavy (non-hydrogen) atoms. The number of carbonyl (C=O) groups excluding carboxylic acids is 2. The lowest BCUT2D eigenvalue weighted by atomic mass is 9.97. The predicted octanol–water partition coefficient (Wildman–Crippen LogP) is 6.79. The number of carbonyl (C=O) groups is 2. The molecule has 2 amide bonds. The molecule has 1 heterocycles. The highest BCUT2D eigenvalue weighted by atomic mass is 35.5. The van der Waals surface area contributed by atoms with Crippen molar-refractivity contribution in [2.24, 2.45) is 10.9 Å². The van der Waals surface area contributed by atoms with Crippen molar-refractivity contribution in [2.45, 2.75) is 39.7 Å². The number of anilines is 2. The largest absolute Gasteiger partial charge is 0.325 e. The third-order valence-electron chi connectivity index (χ3n) is 6.55. The van der Waals surface area contributed by atoms with E-state index in [9.17, 15) is 9.59 Å². The zero-order valence-electron chi connectivity index (χ0n) is 20.6. The van der Waals surface area contributed by atoms with Gasteiger partial charge in [0.15, 0.2) is 0 Å². The first-order chi connectivity index (χ1) is 17.3. The quantitative estimate of drug-likeness (QED) is 0.371. The summed E-state index contributed by atoms with van der Waals surface area (Å²) in [5, 5.41) is 3.95. The van der Waals surface area contributed by atoms with Crippen molar-refractivity contribution in [1.29, 1.82) is 0 Å². The summed E-state index contributed by atoms with van der Waals surface area (Å²) in [5.74, 6) is -0.573. The van der Waals surface area contributed by atoms with Gasteiger partial charge in [-0.25, -0.2) is 0 Å². The van der Waals surface area contributed by atoms with E-state index in [1.54, 1.807) is 24.3 Å². The van der Waals surface area contributed by atoms with E-state index in [0.29, 0.717) is 38.3 Å². The van der Waals surface area contributed by atoms with Crippen LogP contribution in [0.25, 0.3) is 0 Å². The van der Waals surface area contributed by atoms with Gasteiger partial charge >= 0.3 is 0 Å². The lowest BCUT2D eigenvalue weighted by Crippen LogP contribution is -2.44. The number of nitrogens with zero attached hydrogens (tertiary/aromatic N) is 2. The molecule has 0 fully saturated rings. The number of hydrogen-bond donors (Lipinski definition) is 1. The Balaban J connectivity index is 1.77. The average molecular weight is 522 g/mol. The molecule has 3 aromatic rings. The van der Waals surface area contributed by atoms with Crippen LogP contribution in [0.15, 0.2) is 71.7 Å². The van der Waals surface area contributed by atoms with Gasteiger partial charge in [-0.3, -0.25) is 14.6 Å². The molecule has 0 aliphatic carbocycles. The molecule has 2 atom stereocenters. The lowest BCUT2D eigenvalue weighted by Gasteiger charge is -2.26. The number of benzene rings is 3. The van der Waals surface area contributed by atoms with Crippen LogP contribution in [-0.4, -0.2) is 30.1 Å². The number of halogens is 2. The van der Waals surface area contributed by atoms with Gasteiger partial charge in [0, 0.05) is 26.9 Å². The van der Waals surface area contributed by atoms with E-state index in [1.165, 1.54) is 10.5 Å². The molecule has 0 bridgehead atoms. The van der Waals surface area contributed by atoms with Crippen molar-refractivity contribution >= 4 is 52.1 Å². The van der Waals surface area contributed by atoms with Crippen molar-refractivity contribution < 1.29 is 9.59 Å². The highest BCUT2D eigenvalue weighted by Gasteiger charge is 2.36. The molecule has 0 aromatic heterocycles. The first kappa shape index (κ1) is 25.9. The molecule has 4 rings (SSSR count). The van der Waals surface area contributed by atoms with Crippen LogP contribution in [-0.2, 0) is 16.0 Å². The minimum absolute atomic E-state index is 0.0491. The molecule has 186 valence electrons. The zero-order valence-corrected chi connectivity index (χ0v) is 22.1. The zero-order chi connectivity index (χ0) is 25.8. The van der Waals surface area contributed by atoms with Gasteiger partial charge in [0.2, 0.25) is 5.91 Å². The first-order valence-corrected chi connectivity index (χ1v) is 12.9. The summed E-state index contributed by atoms with van der Waals surface area (Å²) in [4.78, 5) is 33.5. The minimum atomic E-state index is -0.677. The van der Waals surface area contributed by atoms with Crippen molar-refractivity contribution in [3.63, 3.8) is 0 Å². The maximum Gasteiger partial charge on any atom is 0.252 e. The van der Waals surface area contributed by atoms with E-state index in [0.717, 1.165) is 12.8 Å². The molecule has 1 aliphatic heterocycles. The fourth-order valence-corrected chi connectivity index (χ4v) is 4.67. The van der Waals surface area contributed by atoms with Crippen LogP contribution in [0.5, 0.6) is 0 Å². The second-order valence-electron chi connectivity index (χ2n) is 8.97. The van der Waals surface area contributed by atoms with Gasteiger partial charge in [0.25, 0.3) is 5.91 Å². The number of aliphatic imine (C=N–C) groups is 1. The molecule has 0 saturated heterocycles. The van der Waals surface area contributed by atoms with Gasteiger partial charge in [-0.05, 0) is 54.3 Å². The van der Waals surface area contributed by atoms with Crippen molar-refractivity contribution in [2.75, 3.05) is 16.8 Å². The molecule has 3 aromatic carbocycles. The number of aryl methyl sites for hydroxylation is 1. The average Bonchev–Trinajstić information content (AvgIpc) is 2.99. The molecular formula is C29H29Cl2N3O2. The molecule has 1 N–H and O–H groups in total. The highest BCUT2D eigenvalue weighted by Crippen LogP contribution is 2.34. The van der Waals surface area contributed by atoms with Crippen LogP contribution in [0.4, 0.5) is 11.4 Å². The van der Waals surface area contributed by atoms with Crippen LogP contribution in [0.2, 0.25) is 10.0 Å². The van der Waals surface area contributed by atoms with E-state index < -0.39 is 6.04 Å². The maximum absolute atomic E-state index is 13.9. The lowest BCUT2D eigenvalue weighted by molar-refractivity contribution is -0.123. The normalized spacial score (nSPS) is 16.1. The van der Waals surface area contributed by atoms with Gasteiger partial charge in [0.1, 0.15) is 12.6 Å². The summed E-state index contributed by atoms with van der Waals surface area (Å²) in [6, 6.07) is 19.7. The smallest absolute Gasteiger partial charge is 0.252 e. The van der Waals surface area contributed by atoms with Gasteiger partial charge in [-0.15, -0.1) is 0 Å². The molecular weight excluding hydrogens is 493 g/mol. The summed E-state index contributed by atoms with van der Waals surface area (Å²) in [7, 11) is 0. The van der Waals surface area contributed by atoms with E-state index >= 15 is 0 Å². The molecule has 0 unspecified atom stereocenters. The fourth-order valence-electron chi connectivity index (χ4n) is 4.27. The van der Waals surface area contributed by atoms with E-state index in [2.05, 4.69) is 12.2 Å². The van der Waals surface area contributed by atoms with E-state index in [-0.39, 0.29) is 24.3 Å². The van der Waals surface area contributed by atoms with Crippen molar-refractivity contribution in [1.82, 2.24) is 0 Å². The van der Waals surface area contributed by atoms with Gasteiger partial charge in [-0.2, -0.15) is 0 Å². The Kier molecular flexibility index (Phi) is 8.12. The topological polar surface area (TPSA) is 61.8 Å². The number of amides is 2. The number of benzodiazepines with no additional fused rings is 1. The summed E-state index contributed by atoms with van der Waals surface area (Å²) in [6.07, 6.45) is 1.66. The second kappa shape index (κ2) is 11.3. The van der Waals surface area contributed by atoms with E-state index in [4.69, 9.17) is 28.2 Å². The standard InChI is InChI=1S/C29H29Cl2N3O2/c1-4-18(3)27-29(36)34(17-26(35)32-21-13-10-19(5-2)11-14-21)25-15-12-20(30)16-23(25)28(33-27)22-8-6-7-9-24(22)31/h6-16,18,27H,4-5,17H2,1-3H3,(H,32,35)/t18-,27-/m1/s1. The van der Waals surface area contributed by atoms with Crippen molar-refractivity contribution in [3.8, 4) is 0 Å². The van der Waals surface area contributed by atoms with Crippen LogP contribution in [0, 0.1) is 5.92 Å². The predicted molar refractivity (Wildman–Crippen MR) is 149 cm³/mol. The van der Waals surface area contributed by atoms with Crippen LogP contribution in [0.3, 0.4) is 0 Å². The molecule has 0 saturated carbocycles. The van der Waals surface area contributed by atoms with E-state index in [1.807, 2.05) is 56.3 Å².